The lowest BCUT2D eigenvalue weighted by Gasteiger charge is -2.26. The van der Waals surface area contributed by atoms with Crippen LogP contribution in [0.3, 0.4) is 0 Å². The van der Waals surface area contributed by atoms with Crippen LogP contribution in [0.5, 0.6) is 0 Å². The molecule has 126 valence electrons. The highest BCUT2D eigenvalue weighted by molar-refractivity contribution is 5.92. The maximum absolute atomic E-state index is 12.2. The lowest BCUT2D eigenvalue weighted by atomic mass is 9.99. The molecule has 3 heterocycles. The molecule has 2 aliphatic rings. The second kappa shape index (κ2) is 7.56. The first kappa shape index (κ1) is 15.9. The smallest absolute Gasteiger partial charge is 0.244 e. The van der Waals surface area contributed by atoms with Crippen molar-refractivity contribution in [2.45, 2.75) is 19.4 Å². The van der Waals surface area contributed by atoms with E-state index in [1.807, 2.05) is 0 Å². The first-order chi connectivity index (χ1) is 11.2. The molecule has 0 aromatic carbocycles. The number of hydrogen-bond donors (Lipinski definition) is 2. The van der Waals surface area contributed by atoms with Crippen molar-refractivity contribution in [3.8, 4) is 0 Å². The van der Waals surface area contributed by atoms with Crippen molar-refractivity contribution < 1.29 is 14.3 Å². The Kier molecular flexibility index (Phi) is 5.24. The van der Waals surface area contributed by atoms with E-state index in [-0.39, 0.29) is 24.3 Å². The van der Waals surface area contributed by atoms with E-state index in [2.05, 4.69) is 15.7 Å². The van der Waals surface area contributed by atoms with E-state index in [9.17, 15) is 9.59 Å². The van der Waals surface area contributed by atoms with E-state index < -0.39 is 0 Å². The SMILES string of the molecule is O=C(Nc1cnn(CC(=O)N2CCOCC2)c1)C1CCCNC1. The lowest BCUT2D eigenvalue weighted by Crippen LogP contribution is -2.42. The van der Waals surface area contributed by atoms with Gasteiger partial charge in [-0.25, -0.2) is 0 Å². The number of rotatable bonds is 4. The zero-order valence-electron chi connectivity index (χ0n) is 13.2. The van der Waals surface area contributed by atoms with Crippen LogP contribution < -0.4 is 10.6 Å². The van der Waals surface area contributed by atoms with Crippen LogP contribution in [0.15, 0.2) is 12.4 Å². The molecule has 8 heteroatoms. The van der Waals surface area contributed by atoms with E-state index in [1.165, 1.54) is 0 Å². The molecule has 0 bridgehead atoms. The molecular weight excluding hydrogens is 298 g/mol. The standard InChI is InChI=1S/C15H23N5O3/c21-14(19-4-6-23-7-5-19)11-20-10-13(9-17-20)18-15(22)12-2-1-3-16-8-12/h9-10,12,16H,1-8,11H2,(H,18,22). The monoisotopic (exact) mass is 321 g/mol. The van der Waals surface area contributed by atoms with Crippen molar-refractivity contribution in [3.63, 3.8) is 0 Å². The van der Waals surface area contributed by atoms with Crippen LogP contribution in [0.4, 0.5) is 5.69 Å². The fraction of sp³-hybridized carbons (Fsp3) is 0.667. The van der Waals surface area contributed by atoms with Gasteiger partial charge in [0.1, 0.15) is 6.54 Å². The Balaban J connectivity index is 1.51. The number of carbonyl (C=O) groups excluding carboxylic acids is 2. The second-order valence-electron chi connectivity index (χ2n) is 5.95. The summed E-state index contributed by atoms with van der Waals surface area (Å²) < 4.78 is 6.80. The van der Waals surface area contributed by atoms with Crippen LogP contribution in [0.25, 0.3) is 0 Å². The minimum Gasteiger partial charge on any atom is -0.378 e. The molecule has 0 aliphatic carbocycles. The third-order valence-electron chi connectivity index (χ3n) is 4.23. The molecule has 23 heavy (non-hydrogen) atoms. The van der Waals surface area contributed by atoms with Crippen molar-refractivity contribution in [1.82, 2.24) is 20.0 Å². The highest BCUT2D eigenvalue weighted by Gasteiger charge is 2.21. The number of amides is 2. The van der Waals surface area contributed by atoms with Crippen molar-refractivity contribution in [1.29, 1.82) is 0 Å². The van der Waals surface area contributed by atoms with E-state index in [0.717, 1.165) is 25.9 Å². The van der Waals surface area contributed by atoms with Crippen LogP contribution in [0.1, 0.15) is 12.8 Å². The molecule has 8 nitrogen and oxygen atoms in total. The Labute approximate surface area is 135 Å². The topological polar surface area (TPSA) is 88.5 Å². The third-order valence-corrected chi connectivity index (χ3v) is 4.23. The summed E-state index contributed by atoms with van der Waals surface area (Å²) in [6, 6.07) is 0. The molecule has 2 aliphatic heterocycles. The van der Waals surface area contributed by atoms with Gasteiger partial charge >= 0.3 is 0 Å². The maximum atomic E-state index is 12.2. The third kappa shape index (κ3) is 4.29. The molecule has 2 amide bonds. The first-order valence-corrected chi connectivity index (χ1v) is 8.12. The molecule has 0 spiro atoms. The second-order valence-corrected chi connectivity index (χ2v) is 5.95. The van der Waals surface area contributed by atoms with Gasteiger partial charge in [0.05, 0.1) is 31.0 Å². The first-order valence-electron chi connectivity index (χ1n) is 8.12. The van der Waals surface area contributed by atoms with Gasteiger partial charge in [0, 0.05) is 25.8 Å². The Hall–Kier alpha value is -1.93. The highest BCUT2D eigenvalue weighted by Crippen LogP contribution is 2.14. The van der Waals surface area contributed by atoms with Crippen molar-refractivity contribution in [2.24, 2.45) is 5.92 Å². The van der Waals surface area contributed by atoms with Crippen LogP contribution in [0.2, 0.25) is 0 Å². The number of nitrogens with one attached hydrogen (secondary N) is 2. The molecule has 1 unspecified atom stereocenters. The fourth-order valence-corrected chi connectivity index (χ4v) is 2.89. The van der Waals surface area contributed by atoms with Crippen LogP contribution in [-0.4, -0.2) is 65.9 Å². The van der Waals surface area contributed by atoms with Gasteiger partial charge in [0.15, 0.2) is 0 Å². The zero-order chi connectivity index (χ0) is 16.1. The molecule has 1 aromatic heterocycles. The minimum absolute atomic E-state index is 0.00193. The summed E-state index contributed by atoms with van der Waals surface area (Å²) in [6.45, 7) is 4.29. The van der Waals surface area contributed by atoms with Gasteiger partial charge in [-0.1, -0.05) is 0 Å². The van der Waals surface area contributed by atoms with Crippen molar-refractivity contribution in [3.05, 3.63) is 12.4 Å². The number of ether oxygens (including phenoxy) is 1. The van der Waals surface area contributed by atoms with E-state index in [4.69, 9.17) is 4.74 Å². The Morgan fingerprint density at radius 1 is 1.39 bits per heavy atom. The number of aromatic nitrogens is 2. The summed E-state index contributed by atoms with van der Waals surface area (Å²) in [4.78, 5) is 26.1. The quantitative estimate of drug-likeness (QED) is 0.793. The van der Waals surface area contributed by atoms with E-state index in [1.54, 1.807) is 22.0 Å². The molecule has 2 fully saturated rings. The van der Waals surface area contributed by atoms with Gasteiger partial charge < -0.3 is 20.3 Å². The molecule has 2 saturated heterocycles. The largest absolute Gasteiger partial charge is 0.378 e. The van der Waals surface area contributed by atoms with Gasteiger partial charge in [0.2, 0.25) is 11.8 Å². The van der Waals surface area contributed by atoms with Gasteiger partial charge in [-0.3, -0.25) is 14.3 Å². The van der Waals surface area contributed by atoms with E-state index in [0.29, 0.717) is 32.0 Å². The average molecular weight is 321 g/mol. The Morgan fingerprint density at radius 2 is 2.22 bits per heavy atom. The van der Waals surface area contributed by atoms with Crippen LogP contribution in [0, 0.1) is 5.92 Å². The van der Waals surface area contributed by atoms with Gasteiger partial charge in [-0.15, -0.1) is 0 Å². The van der Waals surface area contributed by atoms with E-state index >= 15 is 0 Å². The Morgan fingerprint density at radius 3 is 2.96 bits per heavy atom. The molecule has 0 radical (unpaired) electrons. The number of nitrogens with zero attached hydrogens (tertiary/aromatic N) is 3. The summed E-state index contributed by atoms with van der Waals surface area (Å²) in [7, 11) is 0. The number of hydrogen-bond acceptors (Lipinski definition) is 5. The van der Waals surface area contributed by atoms with Crippen molar-refractivity contribution in [2.75, 3.05) is 44.7 Å². The summed E-state index contributed by atoms with van der Waals surface area (Å²) in [5.41, 5.74) is 0.635. The normalized spacial score (nSPS) is 21.9. The predicted octanol–water partition coefficient (Wildman–Crippen LogP) is -0.320. The fourth-order valence-electron chi connectivity index (χ4n) is 2.89. The highest BCUT2D eigenvalue weighted by atomic mass is 16.5. The molecular formula is C15H23N5O3. The Bertz CT molecular complexity index is 501. The number of anilines is 1. The molecule has 1 aromatic rings. The maximum Gasteiger partial charge on any atom is 0.244 e. The summed E-state index contributed by atoms with van der Waals surface area (Å²) in [5, 5.41) is 10.3. The summed E-state index contributed by atoms with van der Waals surface area (Å²) in [5.74, 6) is 0.0316. The minimum atomic E-state index is 0.00193. The summed E-state index contributed by atoms with van der Waals surface area (Å²) in [6.07, 6.45) is 5.21. The van der Waals surface area contributed by atoms with Crippen molar-refractivity contribution >= 4 is 17.5 Å². The lowest BCUT2D eigenvalue weighted by molar-refractivity contribution is -0.136. The van der Waals surface area contributed by atoms with Gasteiger partial charge in [-0.05, 0) is 19.4 Å². The summed E-state index contributed by atoms with van der Waals surface area (Å²) >= 11 is 0. The number of morpholine rings is 1. The molecule has 2 N–H and O–H groups in total. The average Bonchev–Trinajstić information content (AvgIpc) is 3.03. The zero-order valence-corrected chi connectivity index (χ0v) is 13.2. The van der Waals surface area contributed by atoms with Crippen LogP contribution in [-0.2, 0) is 20.9 Å². The van der Waals surface area contributed by atoms with Crippen LogP contribution >= 0.6 is 0 Å². The molecule has 3 rings (SSSR count). The number of carbonyl (C=O) groups is 2. The van der Waals surface area contributed by atoms with Gasteiger partial charge in [-0.2, -0.15) is 5.10 Å². The predicted molar refractivity (Wildman–Crippen MR) is 83.8 cm³/mol. The molecule has 0 saturated carbocycles. The van der Waals surface area contributed by atoms with Gasteiger partial charge in [0.25, 0.3) is 0 Å². The number of piperidine rings is 1. The molecule has 1 atom stereocenters.